The molecule has 6 aliphatic rings. The molecule has 0 unspecified atom stereocenters. The van der Waals surface area contributed by atoms with Gasteiger partial charge < -0.3 is 9.84 Å². The highest BCUT2D eigenvalue weighted by molar-refractivity contribution is 5.95. The van der Waals surface area contributed by atoms with Crippen LogP contribution in [0.15, 0.2) is 12.2 Å². The maximum Gasteiger partial charge on any atom is 0.194 e. The van der Waals surface area contributed by atoms with Crippen molar-refractivity contribution in [2.45, 2.75) is 110 Å². The van der Waals surface area contributed by atoms with Crippen molar-refractivity contribution in [3.63, 3.8) is 0 Å². The third-order valence-electron chi connectivity index (χ3n) is 11.1. The van der Waals surface area contributed by atoms with Gasteiger partial charge in [-0.1, -0.05) is 59.1 Å². The molecule has 3 saturated carbocycles. The zero-order valence-corrected chi connectivity index (χ0v) is 20.4. The molecule has 2 aliphatic heterocycles. The fourth-order valence-electron chi connectivity index (χ4n) is 9.63. The highest BCUT2D eigenvalue weighted by Crippen LogP contribution is 2.71. The van der Waals surface area contributed by atoms with Crippen molar-refractivity contribution in [1.82, 2.24) is 0 Å². The third-order valence-corrected chi connectivity index (χ3v) is 11.1. The van der Waals surface area contributed by atoms with Crippen LogP contribution in [0.3, 0.4) is 0 Å². The molecule has 2 saturated heterocycles. The van der Waals surface area contributed by atoms with Crippen LogP contribution in [0.5, 0.6) is 0 Å². The van der Waals surface area contributed by atoms with Gasteiger partial charge in [-0.3, -0.25) is 4.79 Å². The predicted molar refractivity (Wildman–Crippen MR) is 123 cm³/mol. The number of hydrogen-bond acceptors (Lipinski definition) is 3. The summed E-state index contributed by atoms with van der Waals surface area (Å²) < 4.78 is 6.49. The van der Waals surface area contributed by atoms with Crippen molar-refractivity contribution in [1.29, 1.82) is 0 Å². The first kappa shape index (κ1) is 22.1. The quantitative estimate of drug-likeness (QED) is 0.551. The van der Waals surface area contributed by atoms with Crippen molar-refractivity contribution in [2.75, 3.05) is 0 Å². The first-order chi connectivity index (χ1) is 14.7. The van der Waals surface area contributed by atoms with Gasteiger partial charge in [-0.25, -0.2) is 0 Å². The maximum atomic E-state index is 13.6. The number of hydrogen-bond donors (Lipinski definition) is 1. The molecule has 0 aromatic carbocycles. The maximum absolute atomic E-state index is 13.6. The molecule has 0 aromatic heterocycles. The molecule has 174 valence electrons. The van der Waals surface area contributed by atoms with Gasteiger partial charge in [0.05, 0.1) is 6.10 Å². The molecule has 4 aliphatic carbocycles. The number of carbonyl (C=O) groups is 1. The molecule has 5 fully saturated rings. The van der Waals surface area contributed by atoms with Crippen LogP contribution in [0, 0.1) is 46.3 Å². The lowest BCUT2D eigenvalue weighted by Crippen LogP contribution is -2.78. The minimum absolute atomic E-state index is 0.00822. The summed E-state index contributed by atoms with van der Waals surface area (Å²) in [6.07, 6.45) is 14.1. The molecule has 3 nitrogen and oxygen atoms in total. The topological polar surface area (TPSA) is 46.5 Å². The number of carbonyl (C=O) groups excluding carboxylic acids is 1. The Morgan fingerprint density at radius 3 is 2.58 bits per heavy atom. The van der Waals surface area contributed by atoms with E-state index in [0.717, 1.165) is 30.6 Å². The van der Waals surface area contributed by atoms with Gasteiger partial charge >= 0.3 is 0 Å². The van der Waals surface area contributed by atoms with E-state index in [1.807, 2.05) is 6.08 Å². The summed E-state index contributed by atoms with van der Waals surface area (Å²) >= 11 is 0. The molecule has 0 aromatic rings. The minimum atomic E-state index is -1.21. The van der Waals surface area contributed by atoms with Gasteiger partial charge in [0.15, 0.2) is 5.78 Å². The molecular formula is C28H44O3. The van der Waals surface area contributed by atoms with Gasteiger partial charge in [-0.05, 0) is 80.0 Å². The van der Waals surface area contributed by atoms with Crippen molar-refractivity contribution in [3.05, 3.63) is 12.2 Å². The summed E-state index contributed by atoms with van der Waals surface area (Å²) in [5, 5.41) is 11.8. The Labute approximate surface area is 189 Å². The normalized spacial score (nSPS) is 51.5. The predicted octanol–water partition coefficient (Wildman–Crippen LogP) is 5.95. The lowest BCUT2D eigenvalue weighted by atomic mass is 9.39. The SMILES string of the molecule is CC(C)CCC[C@@H](C)[C@H]1CC[C@H]2[C@@H]3[C@H]4O[C@H](C)[C@@]5(CC=CC[C@]5(O)C4=O)[C@H]3CC[C@]12C. The first-order valence-electron chi connectivity index (χ1n) is 13.2. The van der Waals surface area contributed by atoms with Gasteiger partial charge in [-0.2, -0.15) is 0 Å². The van der Waals surface area contributed by atoms with Gasteiger partial charge in [0, 0.05) is 11.8 Å². The Morgan fingerprint density at radius 1 is 1.10 bits per heavy atom. The van der Waals surface area contributed by atoms with E-state index in [1.54, 1.807) is 0 Å². The number of ketones is 1. The van der Waals surface area contributed by atoms with Crippen LogP contribution in [0.2, 0.25) is 0 Å². The number of aliphatic hydroxyl groups is 1. The molecule has 1 N–H and O–H groups in total. The Kier molecular flexibility index (Phi) is 5.30. The summed E-state index contributed by atoms with van der Waals surface area (Å²) in [5.41, 5.74) is -1.30. The van der Waals surface area contributed by atoms with Crippen LogP contribution in [0.25, 0.3) is 0 Å². The monoisotopic (exact) mass is 428 g/mol. The minimum Gasteiger partial charge on any atom is -0.381 e. The lowest BCUT2D eigenvalue weighted by Gasteiger charge is -2.69. The Morgan fingerprint density at radius 2 is 1.84 bits per heavy atom. The largest absolute Gasteiger partial charge is 0.381 e. The summed E-state index contributed by atoms with van der Waals surface area (Å²) in [4.78, 5) is 13.6. The summed E-state index contributed by atoms with van der Waals surface area (Å²) in [5.74, 6) is 3.62. The molecule has 31 heavy (non-hydrogen) atoms. The summed E-state index contributed by atoms with van der Waals surface area (Å²) in [6.45, 7) is 11.8. The average Bonchev–Trinajstić information content (AvgIpc) is 3.07. The smallest absolute Gasteiger partial charge is 0.194 e. The van der Waals surface area contributed by atoms with Crippen molar-refractivity contribution in [2.24, 2.45) is 46.3 Å². The van der Waals surface area contributed by atoms with Crippen molar-refractivity contribution >= 4 is 5.78 Å². The van der Waals surface area contributed by atoms with Crippen LogP contribution < -0.4 is 0 Å². The molecule has 3 heteroatoms. The number of allylic oxidation sites excluding steroid dienone is 1. The number of Topliss-reactive ketones (excluding diaryl/α,β-unsaturated/α-hetero) is 1. The van der Waals surface area contributed by atoms with Gasteiger partial charge in [0.1, 0.15) is 11.7 Å². The van der Waals surface area contributed by atoms with Crippen molar-refractivity contribution < 1.29 is 14.6 Å². The third kappa shape index (κ3) is 2.81. The second-order valence-corrected chi connectivity index (χ2v) is 12.7. The van der Waals surface area contributed by atoms with Crippen LogP contribution in [-0.2, 0) is 9.53 Å². The van der Waals surface area contributed by atoms with E-state index < -0.39 is 17.1 Å². The molecule has 10 atom stereocenters. The van der Waals surface area contributed by atoms with E-state index in [0.29, 0.717) is 29.6 Å². The number of fused-ring (bicyclic) bond motifs is 2. The van der Waals surface area contributed by atoms with Crippen LogP contribution >= 0.6 is 0 Å². The Hall–Kier alpha value is -0.670. The van der Waals surface area contributed by atoms with E-state index in [-0.39, 0.29) is 11.9 Å². The van der Waals surface area contributed by atoms with E-state index in [1.165, 1.54) is 38.5 Å². The fourth-order valence-corrected chi connectivity index (χ4v) is 9.63. The first-order valence-corrected chi connectivity index (χ1v) is 13.2. The highest BCUT2D eigenvalue weighted by Gasteiger charge is 2.76. The van der Waals surface area contributed by atoms with Gasteiger partial charge in [0.2, 0.25) is 0 Å². The zero-order valence-electron chi connectivity index (χ0n) is 20.4. The van der Waals surface area contributed by atoms with Crippen LogP contribution in [-0.4, -0.2) is 28.7 Å². The zero-order chi connectivity index (χ0) is 22.2. The van der Waals surface area contributed by atoms with E-state index in [9.17, 15) is 9.90 Å². The second kappa shape index (κ2) is 7.42. The molecule has 2 heterocycles. The van der Waals surface area contributed by atoms with Gasteiger partial charge in [-0.15, -0.1) is 0 Å². The lowest BCUT2D eigenvalue weighted by molar-refractivity contribution is -0.305. The van der Waals surface area contributed by atoms with Crippen LogP contribution in [0.1, 0.15) is 92.4 Å². The molecule has 2 bridgehead atoms. The van der Waals surface area contributed by atoms with Crippen LogP contribution in [0.4, 0.5) is 0 Å². The summed E-state index contributed by atoms with van der Waals surface area (Å²) in [6, 6.07) is 0. The Bertz CT molecular complexity index is 757. The van der Waals surface area contributed by atoms with E-state index in [4.69, 9.17) is 4.74 Å². The Balaban J connectivity index is 1.43. The average molecular weight is 429 g/mol. The molecule has 0 radical (unpaired) electrons. The van der Waals surface area contributed by atoms with E-state index >= 15 is 0 Å². The molecule has 1 spiro atoms. The molecular weight excluding hydrogens is 384 g/mol. The fraction of sp³-hybridized carbons (Fsp3) is 0.893. The molecule has 0 amide bonds. The summed E-state index contributed by atoms with van der Waals surface area (Å²) in [7, 11) is 0. The number of ether oxygens (including phenoxy) is 1. The number of rotatable bonds is 5. The molecule has 6 rings (SSSR count). The van der Waals surface area contributed by atoms with Gasteiger partial charge in [0.25, 0.3) is 0 Å². The highest BCUT2D eigenvalue weighted by atomic mass is 16.5. The second-order valence-electron chi connectivity index (χ2n) is 12.7. The van der Waals surface area contributed by atoms with E-state index in [2.05, 4.69) is 40.7 Å². The standard InChI is InChI=1S/C28H44O3/c1-17(2)9-8-10-18(3)20-11-12-21-23-22(13-16-26(20,21)5)27-14-6-7-15-28(27,30)25(29)24(23)31-19(27)4/h6-7,17-24,30H,8-16H2,1-5H3/t18-,19-,20-,21+,22+,23+,24-,26-,27+,28+/m1/s1. The van der Waals surface area contributed by atoms with Crippen molar-refractivity contribution in [3.8, 4) is 0 Å².